The second-order valence-electron chi connectivity index (χ2n) is 5.04. The van der Waals surface area contributed by atoms with E-state index in [0.717, 1.165) is 5.56 Å². The van der Waals surface area contributed by atoms with Crippen LogP contribution in [0.3, 0.4) is 0 Å². The molecule has 2 heterocycles. The number of rotatable bonds is 5. The topological polar surface area (TPSA) is 72.0 Å². The van der Waals surface area contributed by atoms with Crippen LogP contribution in [0, 0.1) is 0 Å². The minimum Gasteiger partial charge on any atom is -0.259 e. The Balaban J connectivity index is 1.99. The van der Waals surface area contributed by atoms with Crippen LogP contribution in [0.4, 0.5) is 0 Å². The van der Waals surface area contributed by atoms with E-state index in [1.54, 1.807) is 18.3 Å². The van der Waals surface area contributed by atoms with Gasteiger partial charge in [0.1, 0.15) is 10.0 Å². The number of nitrogens with zero attached hydrogens (tertiary/aromatic N) is 2. The third-order valence-electron chi connectivity index (χ3n) is 3.40. The maximum atomic E-state index is 12.7. The van der Waals surface area contributed by atoms with Crippen LogP contribution in [-0.2, 0) is 10.0 Å². The molecule has 3 aromatic rings. The van der Waals surface area contributed by atoms with Crippen LogP contribution < -0.4 is 4.72 Å². The zero-order chi connectivity index (χ0) is 17.0. The third kappa shape index (κ3) is 3.79. The van der Waals surface area contributed by atoms with E-state index in [1.807, 2.05) is 36.4 Å². The average molecular weight is 360 g/mol. The smallest absolute Gasteiger partial charge is 0.243 e. The summed E-state index contributed by atoms with van der Waals surface area (Å²) >= 11 is 5.72. The normalized spacial score (nSPS) is 12.7. The van der Waals surface area contributed by atoms with Gasteiger partial charge in [0.2, 0.25) is 10.0 Å². The fourth-order valence-corrected chi connectivity index (χ4v) is 3.49. The molecule has 0 aliphatic rings. The number of benzene rings is 1. The molecule has 0 radical (unpaired) electrons. The maximum Gasteiger partial charge on any atom is 0.243 e. The SMILES string of the molecule is O=S(=O)(N[C@H](c1ccccc1)c1ccccn1)c1ccc(Cl)nc1. The highest BCUT2D eigenvalue weighted by atomic mass is 35.5. The highest BCUT2D eigenvalue weighted by Crippen LogP contribution is 2.23. The lowest BCUT2D eigenvalue weighted by Gasteiger charge is -2.18. The van der Waals surface area contributed by atoms with Crippen LogP contribution in [-0.4, -0.2) is 18.4 Å². The second kappa shape index (κ2) is 7.09. The Morgan fingerprint density at radius 1 is 0.917 bits per heavy atom. The molecule has 0 unspecified atom stereocenters. The van der Waals surface area contributed by atoms with Crippen molar-refractivity contribution in [3.8, 4) is 0 Å². The van der Waals surface area contributed by atoms with E-state index >= 15 is 0 Å². The molecule has 24 heavy (non-hydrogen) atoms. The molecule has 0 saturated carbocycles. The van der Waals surface area contributed by atoms with Crippen molar-refractivity contribution in [1.29, 1.82) is 0 Å². The predicted octanol–water partition coefficient (Wildman–Crippen LogP) is 3.20. The average Bonchev–Trinajstić information content (AvgIpc) is 2.62. The van der Waals surface area contributed by atoms with Crippen LogP contribution >= 0.6 is 11.6 Å². The summed E-state index contributed by atoms with van der Waals surface area (Å²) in [5.74, 6) is 0. The predicted molar refractivity (Wildman–Crippen MR) is 92.1 cm³/mol. The van der Waals surface area contributed by atoms with Crippen molar-refractivity contribution in [1.82, 2.24) is 14.7 Å². The van der Waals surface area contributed by atoms with Gasteiger partial charge in [-0.15, -0.1) is 0 Å². The van der Waals surface area contributed by atoms with Crippen molar-refractivity contribution in [2.75, 3.05) is 0 Å². The maximum absolute atomic E-state index is 12.7. The first-order valence-electron chi connectivity index (χ1n) is 7.16. The van der Waals surface area contributed by atoms with Gasteiger partial charge in [0.25, 0.3) is 0 Å². The van der Waals surface area contributed by atoms with Crippen molar-refractivity contribution in [2.24, 2.45) is 0 Å². The molecule has 1 atom stereocenters. The molecule has 122 valence electrons. The first kappa shape index (κ1) is 16.6. The molecule has 2 aromatic heterocycles. The van der Waals surface area contributed by atoms with Crippen LogP contribution in [0.5, 0.6) is 0 Å². The van der Waals surface area contributed by atoms with Gasteiger partial charge in [-0.25, -0.2) is 13.4 Å². The van der Waals surface area contributed by atoms with Crippen LogP contribution in [0.15, 0.2) is 78.0 Å². The highest BCUT2D eigenvalue weighted by molar-refractivity contribution is 7.89. The highest BCUT2D eigenvalue weighted by Gasteiger charge is 2.23. The Morgan fingerprint density at radius 2 is 1.67 bits per heavy atom. The van der Waals surface area contributed by atoms with Crippen molar-refractivity contribution in [3.63, 3.8) is 0 Å². The Hall–Kier alpha value is -2.28. The third-order valence-corrected chi connectivity index (χ3v) is 5.03. The van der Waals surface area contributed by atoms with E-state index in [-0.39, 0.29) is 10.0 Å². The summed E-state index contributed by atoms with van der Waals surface area (Å²) in [5, 5.41) is 0.235. The van der Waals surface area contributed by atoms with E-state index in [1.165, 1.54) is 18.3 Å². The lowest BCUT2D eigenvalue weighted by Crippen LogP contribution is -2.30. The lowest BCUT2D eigenvalue weighted by molar-refractivity contribution is 0.569. The summed E-state index contributed by atoms with van der Waals surface area (Å²) in [6.07, 6.45) is 2.86. The Morgan fingerprint density at radius 3 is 2.29 bits per heavy atom. The zero-order valence-corrected chi connectivity index (χ0v) is 14.1. The lowest BCUT2D eigenvalue weighted by atomic mass is 10.0. The van der Waals surface area contributed by atoms with Crippen LogP contribution in [0.25, 0.3) is 0 Å². The summed E-state index contributed by atoms with van der Waals surface area (Å²) in [7, 11) is -3.78. The summed E-state index contributed by atoms with van der Waals surface area (Å²) in [4.78, 5) is 8.16. The second-order valence-corrected chi connectivity index (χ2v) is 7.14. The minimum atomic E-state index is -3.78. The Kier molecular flexibility index (Phi) is 4.89. The van der Waals surface area contributed by atoms with E-state index < -0.39 is 16.1 Å². The fourth-order valence-electron chi connectivity index (χ4n) is 2.24. The van der Waals surface area contributed by atoms with Crippen molar-refractivity contribution < 1.29 is 8.42 Å². The molecule has 0 fully saturated rings. The molecule has 0 bridgehead atoms. The van der Waals surface area contributed by atoms with Crippen LogP contribution in [0.2, 0.25) is 5.15 Å². The van der Waals surface area contributed by atoms with Crippen molar-refractivity contribution in [3.05, 3.63) is 89.5 Å². The van der Waals surface area contributed by atoms with Gasteiger partial charge < -0.3 is 0 Å². The van der Waals surface area contributed by atoms with E-state index in [0.29, 0.717) is 5.69 Å². The number of sulfonamides is 1. The molecule has 0 aliphatic heterocycles. The van der Waals surface area contributed by atoms with Gasteiger partial charge in [-0.2, -0.15) is 4.72 Å². The monoisotopic (exact) mass is 359 g/mol. The van der Waals surface area contributed by atoms with Gasteiger partial charge in [0.05, 0.1) is 11.7 Å². The van der Waals surface area contributed by atoms with Crippen molar-refractivity contribution in [2.45, 2.75) is 10.9 Å². The van der Waals surface area contributed by atoms with Gasteiger partial charge in [0, 0.05) is 12.4 Å². The molecule has 0 amide bonds. The van der Waals surface area contributed by atoms with Crippen LogP contribution in [0.1, 0.15) is 17.3 Å². The van der Waals surface area contributed by atoms with Gasteiger partial charge >= 0.3 is 0 Å². The van der Waals surface area contributed by atoms with Gasteiger partial charge in [-0.05, 0) is 29.8 Å². The molecule has 5 nitrogen and oxygen atoms in total. The van der Waals surface area contributed by atoms with E-state index in [2.05, 4.69) is 14.7 Å². The van der Waals surface area contributed by atoms with E-state index in [9.17, 15) is 8.42 Å². The molecule has 0 spiro atoms. The molecular weight excluding hydrogens is 346 g/mol. The van der Waals surface area contributed by atoms with Crippen molar-refractivity contribution >= 4 is 21.6 Å². The molecular formula is C17H14ClN3O2S. The Bertz CT molecular complexity index is 862. The van der Waals surface area contributed by atoms with E-state index in [4.69, 9.17) is 11.6 Å². The largest absolute Gasteiger partial charge is 0.259 e. The number of nitrogens with one attached hydrogen (secondary N) is 1. The number of pyridine rings is 2. The number of aromatic nitrogens is 2. The molecule has 3 rings (SSSR count). The molecule has 1 aromatic carbocycles. The summed E-state index contributed by atoms with van der Waals surface area (Å²) < 4.78 is 28.0. The number of hydrogen-bond acceptors (Lipinski definition) is 4. The van der Waals surface area contributed by atoms with Gasteiger partial charge in [-0.3, -0.25) is 4.98 Å². The summed E-state index contributed by atoms with van der Waals surface area (Å²) in [5.41, 5.74) is 1.40. The molecule has 1 N–H and O–H groups in total. The quantitative estimate of drug-likeness (QED) is 0.710. The van der Waals surface area contributed by atoms with Gasteiger partial charge in [-0.1, -0.05) is 48.0 Å². The molecule has 0 saturated heterocycles. The molecule has 0 aliphatic carbocycles. The number of halogens is 1. The number of hydrogen-bond donors (Lipinski definition) is 1. The standard InChI is InChI=1S/C17H14ClN3O2S/c18-16-10-9-14(12-20-16)24(22,23)21-17(13-6-2-1-3-7-13)15-8-4-5-11-19-15/h1-12,17,21H/t17-/m1/s1. The molecule has 7 heteroatoms. The first-order valence-corrected chi connectivity index (χ1v) is 9.02. The fraction of sp³-hybridized carbons (Fsp3) is 0.0588. The Labute approximate surface area is 145 Å². The summed E-state index contributed by atoms with van der Waals surface area (Å²) in [6.45, 7) is 0. The van der Waals surface area contributed by atoms with Gasteiger partial charge in [0.15, 0.2) is 0 Å². The summed E-state index contributed by atoms with van der Waals surface area (Å²) in [6, 6.07) is 16.9. The zero-order valence-electron chi connectivity index (χ0n) is 12.5. The minimum absolute atomic E-state index is 0.0452. The first-order chi connectivity index (χ1) is 11.6.